The first-order valence-electron chi connectivity index (χ1n) is 7.90. The molecule has 25 heavy (non-hydrogen) atoms. The van der Waals surface area contributed by atoms with E-state index in [-0.39, 0.29) is 0 Å². The van der Waals surface area contributed by atoms with Crippen LogP contribution < -0.4 is 0 Å². The Kier molecular flexibility index (Phi) is 4.83. The Morgan fingerprint density at radius 3 is 1.68 bits per heavy atom. The van der Waals surface area contributed by atoms with Gasteiger partial charge in [0.2, 0.25) is 0 Å². The van der Waals surface area contributed by atoms with Gasteiger partial charge in [-0.3, -0.25) is 0 Å². The zero-order valence-corrected chi connectivity index (χ0v) is 18.5. The van der Waals surface area contributed by atoms with Gasteiger partial charge in [-0.25, -0.2) is 0 Å². The third-order valence-corrected chi connectivity index (χ3v) is 7.10. The molecule has 0 unspecified atom stereocenters. The Balaban J connectivity index is 1.94. The molecule has 4 rings (SSSR count). The van der Waals surface area contributed by atoms with Crippen LogP contribution in [0.5, 0.6) is 0 Å². The summed E-state index contributed by atoms with van der Waals surface area (Å²) in [5, 5.41) is 9.64. The number of fused-ring (bicyclic) bond motifs is 1. The molecule has 0 spiro atoms. The standard InChI is InChI=1S/C18H15Br2N3S2/c1-10(2)9-23-21-17-11(13-5-7-15(19)24-13)3-4-12(18(17)22-23)14-6-8-16(20)25-14/h3-8,10H,9H2,1-2H3. The van der Waals surface area contributed by atoms with E-state index in [4.69, 9.17) is 10.2 Å². The molecule has 0 aliphatic carbocycles. The molecule has 0 bridgehead atoms. The number of thiophene rings is 2. The van der Waals surface area contributed by atoms with Gasteiger partial charge in [0.25, 0.3) is 0 Å². The lowest BCUT2D eigenvalue weighted by Crippen LogP contribution is -2.07. The average Bonchev–Trinajstić information content (AvgIpc) is 3.25. The fourth-order valence-electron chi connectivity index (χ4n) is 2.76. The van der Waals surface area contributed by atoms with Crippen LogP contribution in [0.25, 0.3) is 31.9 Å². The molecule has 7 heteroatoms. The Morgan fingerprint density at radius 2 is 1.32 bits per heavy atom. The molecule has 0 amide bonds. The SMILES string of the molecule is CC(C)Cn1nc2c(-c3ccc(Br)s3)ccc(-c3ccc(Br)s3)c2n1. The molecular weight excluding hydrogens is 482 g/mol. The minimum absolute atomic E-state index is 0.500. The Bertz CT molecular complexity index is 969. The second-order valence-corrected chi connectivity index (χ2v) is 11.1. The third-order valence-electron chi connectivity index (χ3n) is 3.79. The fourth-order valence-corrected chi connectivity index (χ4v) is 5.58. The predicted octanol–water partition coefficient (Wildman–Crippen LogP) is 7.07. The van der Waals surface area contributed by atoms with Gasteiger partial charge in [0.1, 0.15) is 11.0 Å². The van der Waals surface area contributed by atoms with Crippen molar-refractivity contribution in [2.24, 2.45) is 5.92 Å². The van der Waals surface area contributed by atoms with E-state index in [1.165, 1.54) is 9.75 Å². The monoisotopic (exact) mass is 495 g/mol. The summed E-state index contributed by atoms with van der Waals surface area (Å²) in [4.78, 5) is 4.24. The highest BCUT2D eigenvalue weighted by Crippen LogP contribution is 2.40. The minimum Gasteiger partial charge on any atom is -0.183 e. The molecule has 1 aromatic carbocycles. The molecule has 3 aromatic heterocycles. The number of nitrogens with zero attached hydrogens (tertiary/aromatic N) is 3. The second kappa shape index (κ2) is 6.95. The van der Waals surface area contributed by atoms with E-state index >= 15 is 0 Å². The zero-order chi connectivity index (χ0) is 17.6. The van der Waals surface area contributed by atoms with Gasteiger partial charge in [-0.15, -0.1) is 22.7 Å². The van der Waals surface area contributed by atoms with Crippen LogP contribution in [0.2, 0.25) is 0 Å². The van der Waals surface area contributed by atoms with Crippen LogP contribution >= 0.6 is 54.5 Å². The molecule has 128 valence electrons. The summed E-state index contributed by atoms with van der Waals surface area (Å²) in [6, 6.07) is 12.7. The number of hydrogen-bond donors (Lipinski definition) is 0. The highest BCUT2D eigenvalue weighted by atomic mass is 79.9. The van der Waals surface area contributed by atoms with Gasteiger partial charge >= 0.3 is 0 Å². The molecule has 0 fully saturated rings. The Morgan fingerprint density at radius 1 is 0.840 bits per heavy atom. The minimum atomic E-state index is 0.500. The Hall–Kier alpha value is -1.02. The summed E-state index contributed by atoms with van der Waals surface area (Å²) in [5.74, 6) is 0.500. The smallest absolute Gasteiger partial charge is 0.122 e. The maximum absolute atomic E-state index is 4.82. The van der Waals surface area contributed by atoms with E-state index in [9.17, 15) is 0 Å². The highest BCUT2D eigenvalue weighted by molar-refractivity contribution is 9.11. The quantitative estimate of drug-likeness (QED) is 0.302. The van der Waals surface area contributed by atoms with E-state index < -0.39 is 0 Å². The molecule has 3 heterocycles. The molecule has 4 aromatic rings. The van der Waals surface area contributed by atoms with Crippen LogP contribution in [0.3, 0.4) is 0 Å². The summed E-state index contributed by atoms with van der Waals surface area (Å²) in [6.07, 6.45) is 0. The van der Waals surface area contributed by atoms with Crippen LogP contribution in [0.1, 0.15) is 13.8 Å². The fraction of sp³-hybridized carbons (Fsp3) is 0.222. The van der Waals surface area contributed by atoms with Gasteiger partial charge in [0, 0.05) is 20.9 Å². The van der Waals surface area contributed by atoms with Crippen molar-refractivity contribution in [1.82, 2.24) is 15.0 Å². The molecule has 0 aliphatic heterocycles. The first kappa shape index (κ1) is 17.4. The van der Waals surface area contributed by atoms with Crippen LogP contribution in [0, 0.1) is 5.92 Å². The number of benzene rings is 1. The van der Waals surface area contributed by atoms with Crippen LogP contribution in [0.15, 0.2) is 44.0 Å². The first-order valence-corrected chi connectivity index (χ1v) is 11.1. The third kappa shape index (κ3) is 3.47. The normalized spacial score (nSPS) is 11.7. The lowest BCUT2D eigenvalue weighted by Gasteiger charge is -2.02. The van der Waals surface area contributed by atoms with Crippen LogP contribution in [-0.2, 0) is 6.54 Å². The molecule has 0 saturated carbocycles. The molecule has 0 N–H and O–H groups in total. The molecule has 3 nitrogen and oxygen atoms in total. The summed E-state index contributed by atoms with van der Waals surface area (Å²) in [7, 11) is 0. The van der Waals surface area contributed by atoms with Crippen molar-refractivity contribution in [3.05, 3.63) is 44.0 Å². The summed E-state index contributed by atoms with van der Waals surface area (Å²) in [6.45, 7) is 5.18. The summed E-state index contributed by atoms with van der Waals surface area (Å²) >= 11 is 10.6. The highest BCUT2D eigenvalue weighted by Gasteiger charge is 2.17. The topological polar surface area (TPSA) is 30.7 Å². The molecule has 0 radical (unpaired) electrons. The van der Waals surface area contributed by atoms with E-state index in [0.717, 1.165) is 36.3 Å². The van der Waals surface area contributed by atoms with E-state index in [2.05, 4.69) is 82.1 Å². The number of rotatable bonds is 4. The van der Waals surface area contributed by atoms with Gasteiger partial charge in [-0.1, -0.05) is 26.0 Å². The van der Waals surface area contributed by atoms with Gasteiger partial charge in [0.05, 0.1) is 14.1 Å². The predicted molar refractivity (Wildman–Crippen MR) is 114 cm³/mol. The van der Waals surface area contributed by atoms with E-state index in [0.29, 0.717) is 5.92 Å². The van der Waals surface area contributed by atoms with Crippen molar-refractivity contribution >= 4 is 65.6 Å². The maximum Gasteiger partial charge on any atom is 0.122 e. The van der Waals surface area contributed by atoms with Crippen molar-refractivity contribution in [2.45, 2.75) is 20.4 Å². The van der Waals surface area contributed by atoms with Crippen LogP contribution in [0.4, 0.5) is 0 Å². The van der Waals surface area contributed by atoms with Gasteiger partial charge < -0.3 is 0 Å². The first-order chi connectivity index (χ1) is 12.0. The lowest BCUT2D eigenvalue weighted by atomic mass is 10.1. The van der Waals surface area contributed by atoms with Crippen LogP contribution in [-0.4, -0.2) is 15.0 Å². The van der Waals surface area contributed by atoms with Crippen molar-refractivity contribution < 1.29 is 0 Å². The lowest BCUT2D eigenvalue weighted by molar-refractivity contribution is 0.442. The maximum atomic E-state index is 4.82. The second-order valence-electron chi connectivity index (χ2n) is 6.21. The van der Waals surface area contributed by atoms with E-state index in [1.54, 1.807) is 22.7 Å². The largest absolute Gasteiger partial charge is 0.183 e. The van der Waals surface area contributed by atoms with Crippen molar-refractivity contribution in [2.75, 3.05) is 0 Å². The summed E-state index contributed by atoms with van der Waals surface area (Å²) < 4.78 is 2.24. The number of hydrogen-bond acceptors (Lipinski definition) is 4. The van der Waals surface area contributed by atoms with Gasteiger partial charge in [0.15, 0.2) is 0 Å². The number of halogens is 2. The molecule has 0 atom stereocenters. The molecular formula is C18H15Br2N3S2. The van der Waals surface area contributed by atoms with Crippen molar-refractivity contribution in [3.8, 4) is 20.9 Å². The molecule has 0 saturated heterocycles. The average molecular weight is 497 g/mol. The molecule has 0 aliphatic rings. The van der Waals surface area contributed by atoms with Crippen molar-refractivity contribution in [3.63, 3.8) is 0 Å². The van der Waals surface area contributed by atoms with Gasteiger partial charge in [-0.05, 0) is 62.0 Å². The zero-order valence-electron chi connectivity index (χ0n) is 13.7. The van der Waals surface area contributed by atoms with Gasteiger partial charge in [-0.2, -0.15) is 15.0 Å². The number of aromatic nitrogens is 3. The Labute approximate surface area is 170 Å². The van der Waals surface area contributed by atoms with Crippen molar-refractivity contribution in [1.29, 1.82) is 0 Å². The summed E-state index contributed by atoms with van der Waals surface area (Å²) in [5.41, 5.74) is 4.22. The van der Waals surface area contributed by atoms with E-state index in [1.807, 2.05) is 4.80 Å².